The number of hydrogen-bond donors (Lipinski definition) is 2. The number of aryl methyl sites for hydroxylation is 1. The van der Waals surface area contributed by atoms with E-state index in [1.54, 1.807) is 12.1 Å². The first-order valence-corrected chi connectivity index (χ1v) is 11.0. The van der Waals surface area contributed by atoms with Crippen molar-refractivity contribution in [3.63, 3.8) is 0 Å². The Bertz CT molecular complexity index is 999. The van der Waals surface area contributed by atoms with E-state index < -0.39 is 35.9 Å². The summed E-state index contributed by atoms with van der Waals surface area (Å²) in [6.07, 6.45) is -0.504. The number of carbonyl (C=O) groups excluding carboxylic acids is 4. The number of methoxy groups -OCH3 is 1. The number of nitrogens with one attached hydrogen (secondary N) is 2. The molecule has 7 heteroatoms. The van der Waals surface area contributed by atoms with E-state index in [4.69, 9.17) is 4.74 Å². The maximum Gasteiger partial charge on any atom is 0.317 e. The lowest BCUT2D eigenvalue weighted by atomic mass is 9.92. The highest BCUT2D eigenvalue weighted by molar-refractivity contribution is 6.44. The molecule has 0 heterocycles. The summed E-state index contributed by atoms with van der Waals surface area (Å²) in [7, 11) is 1.11. The highest BCUT2D eigenvalue weighted by atomic mass is 16.5. The van der Waals surface area contributed by atoms with Crippen LogP contribution in [0.4, 0.5) is 11.4 Å². The highest BCUT2D eigenvalue weighted by Gasteiger charge is 2.35. The third kappa shape index (κ3) is 6.75. The van der Waals surface area contributed by atoms with E-state index in [1.807, 2.05) is 65.0 Å². The fourth-order valence-electron chi connectivity index (χ4n) is 3.49. The average molecular weight is 453 g/mol. The summed E-state index contributed by atoms with van der Waals surface area (Å²) in [5, 5.41) is 5.34. The molecule has 0 saturated heterocycles. The summed E-state index contributed by atoms with van der Waals surface area (Å²) in [6, 6.07) is 12.8. The molecule has 2 aromatic carbocycles. The Morgan fingerprint density at radius 1 is 0.848 bits per heavy atom. The van der Waals surface area contributed by atoms with E-state index in [0.29, 0.717) is 11.4 Å². The zero-order chi connectivity index (χ0) is 24.7. The van der Waals surface area contributed by atoms with Crippen molar-refractivity contribution < 1.29 is 23.9 Å². The van der Waals surface area contributed by atoms with E-state index in [0.717, 1.165) is 23.8 Å². The van der Waals surface area contributed by atoms with Crippen molar-refractivity contribution in [1.82, 2.24) is 0 Å². The SMILES string of the molecule is COC(=O)[C@H](CC(=O)Nc1ccc(C)cc1)C(=O)C(=O)Nc1c(C(C)C)cccc1C(C)C. The van der Waals surface area contributed by atoms with Gasteiger partial charge in [0, 0.05) is 17.8 Å². The molecule has 2 amide bonds. The van der Waals surface area contributed by atoms with Gasteiger partial charge in [-0.1, -0.05) is 63.6 Å². The molecular formula is C26H32N2O5. The first-order valence-electron chi connectivity index (χ1n) is 11.0. The zero-order valence-electron chi connectivity index (χ0n) is 20.0. The summed E-state index contributed by atoms with van der Waals surface area (Å²) in [5.41, 5.74) is 3.88. The number of amides is 2. The molecule has 0 unspecified atom stereocenters. The van der Waals surface area contributed by atoms with E-state index in [1.165, 1.54) is 0 Å². The maximum atomic E-state index is 12.9. The zero-order valence-corrected chi connectivity index (χ0v) is 20.0. The lowest BCUT2D eigenvalue weighted by Crippen LogP contribution is -2.37. The van der Waals surface area contributed by atoms with E-state index in [9.17, 15) is 19.2 Å². The molecule has 2 rings (SSSR count). The maximum absolute atomic E-state index is 12.9. The smallest absolute Gasteiger partial charge is 0.317 e. The predicted molar refractivity (Wildman–Crippen MR) is 128 cm³/mol. The number of ketones is 1. The monoisotopic (exact) mass is 452 g/mol. The second kappa shape index (κ2) is 11.4. The molecule has 176 valence electrons. The van der Waals surface area contributed by atoms with Crippen molar-refractivity contribution in [2.45, 2.75) is 52.9 Å². The summed E-state index contributed by atoms with van der Waals surface area (Å²) in [5.74, 6) is -4.82. The van der Waals surface area contributed by atoms with Crippen LogP contribution < -0.4 is 10.6 Å². The first kappa shape index (κ1) is 25.8. The molecule has 0 aliphatic heterocycles. The van der Waals surface area contributed by atoms with Crippen LogP contribution in [0, 0.1) is 12.8 Å². The van der Waals surface area contributed by atoms with Crippen LogP contribution in [-0.4, -0.2) is 30.7 Å². The van der Waals surface area contributed by atoms with Crippen LogP contribution in [0.5, 0.6) is 0 Å². The van der Waals surface area contributed by atoms with Gasteiger partial charge in [0.25, 0.3) is 5.91 Å². The van der Waals surface area contributed by atoms with Gasteiger partial charge < -0.3 is 15.4 Å². The quantitative estimate of drug-likeness (QED) is 0.330. The summed E-state index contributed by atoms with van der Waals surface area (Å²) in [4.78, 5) is 50.6. The molecule has 0 aliphatic rings. The largest absolute Gasteiger partial charge is 0.468 e. The fourth-order valence-corrected chi connectivity index (χ4v) is 3.49. The Morgan fingerprint density at radius 3 is 1.88 bits per heavy atom. The molecule has 2 aromatic rings. The number of para-hydroxylation sites is 1. The van der Waals surface area contributed by atoms with Crippen molar-refractivity contribution in [1.29, 1.82) is 0 Å². The van der Waals surface area contributed by atoms with E-state index in [-0.39, 0.29) is 11.8 Å². The molecule has 7 nitrogen and oxygen atoms in total. The molecule has 33 heavy (non-hydrogen) atoms. The average Bonchev–Trinajstić information content (AvgIpc) is 2.77. The molecule has 2 N–H and O–H groups in total. The number of anilines is 2. The van der Waals surface area contributed by atoms with E-state index in [2.05, 4.69) is 10.6 Å². The molecular weight excluding hydrogens is 420 g/mol. The number of Topliss-reactive ketones (excluding diaryl/α,β-unsaturated/α-hetero) is 1. The van der Waals surface area contributed by atoms with Crippen LogP contribution in [0.3, 0.4) is 0 Å². The molecule has 0 bridgehead atoms. The normalized spacial score (nSPS) is 11.8. The van der Waals surface area contributed by atoms with Gasteiger partial charge in [-0.05, 0) is 42.0 Å². The van der Waals surface area contributed by atoms with Gasteiger partial charge in [0.2, 0.25) is 11.7 Å². The van der Waals surface area contributed by atoms with Gasteiger partial charge >= 0.3 is 5.97 Å². The van der Waals surface area contributed by atoms with Gasteiger partial charge in [-0.25, -0.2) is 0 Å². The van der Waals surface area contributed by atoms with Crippen LogP contribution in [-0.2, 0) is 23.9 Å². The van der Waals surface area contributed by atoms with Crippen LogP contribution in [0.2, 0.25) is 0 Å². The van der Waals surface area contributed by atoms with Gasteiger partial charge in [-0.3, -0.25) is 19.2 Å². The minimum absolute atomic E-state index is 0.103. The highest BCUT2D eigenvalue weighted by Crippen LogP contribution is 2.32. The molecule has 0 fully saturated rings. The predicted octanol–water partition coefficient (Wildman–Crippen LogP) is 4.57. The summed E-state index contributed by atoms with van der Waals surface area (Å²) >= 11 is 0. The Labute approximate surface area is 194 Å². The number of hydrogen-bond acceptors (Lipinski definition) is 5. The van der Waals surface area contributed by atoms with Gasteiger partial charge in [-0.15, -0.1) is 0 Å². The number of ether oxygens (including phenoxy) is 1. The Morgan fingerprint density at radius 2 is 1.39 bits per heavy atom. The number of rotatable bonds is 9. The molecule has 1 atom stereocenters. The second-order valence-electron chi connectivity index (χ2n) is 8.63. The minimum atomic E-state index is -1.55. The molecule has 0 saturated carbocycles. The fraction of sp³-hybridized carbons (Fsp3) is 0.385. The third-order valence-electron chi connectivity index (χ3n) is 5.36. The minimum Gasteiger partial charge on any atom is -0.468 e. The topological polar surface area (TPSA) is 102 Å². The van der Waals surface area contributed by atoms with Crippen LogP contribution in [0.15, 0.2) is 42.5 Å². The van der Waals surface area contributed by atoms with Gasteiger partial charge in [-0.2, -0.15) is 0 Å². The van der Waals surface area contributed by atoms with Gasteiger partial charge in [0.1, 0.15) is 5.92 Å². The lowest BCUT2D eigenvalue weighted by Gasteiger charge is -2.20. The van der Waals surface area contributed by atoms with Crippen molar-refractivity contribution in [3.05, 3.63) is 59.2 Å². The van der Waals surface area contributed by atoms with Gasteiger partial charge in [0.05, 0.1) is 7.11 Å². The third-order valence-corrected chi connectivity index (χ3v) is 5.36. The number of carbonyl (C=O) groups is 4. The summed E-state index contributed by atoms with van der Waals surface area (Å²) < 4.78 is 4.70. The van der Waals surface area contributed by atoms with Crippen LogP contribution in [0.1, 0.15) is 62.6 Å². The lowest BCUT2D eigenvalue weighted by molar-refractivity contribution is -0.153. The number of esters is 1. The first-order chi connectivity index (χ1) is 15.5. The van der Waals surface area contributed by atoms with Crippen molar-refractivity contribution in [2.75, 3.05) is 17.7 Å². The molecule has 0 aromatic heterocycles. The number of benzene rings is 2. The van der Waals surface area contributed by atoms with Crippen molar-refractivity contribution >= 4 is 34.9 Å². The van der Waals surface area contributed by atoms with E-state index >= 15 is 0 Å². The van der Waals surface area contributed by atoms with Crippen LogP contribution in [0.25, 0.3) is 0 Å². The Hall–Kier alpha value is -3.48. The van der Waals surface area contributed by atoms with Crippen LogP contribution >= 0.6 is 0 Å². The standard InChI is InChI=1S/C26H32N2O5/c1-15(2)19-8-7-9-20(16(3)4)23(19)28-25(31)24(30)21(26(32)33-6)14-22(29)27-18-12-10-17(5)11-13-18/h7-13,15-16,21H,14H2,1-6H3,(H,27,29)(H,28,31)/t21-/m1/s1. The molecule has 0 radical (unpaired) electrons. The van der Waals surface area contributed by atoms with Gasteiger partial charge in [0.15, 0.2) is 0 Å². The molecule has 0 aliphatic carbocycles. The molecule has 0 spiro atoms. The Balaban J connectivity index is 2.24. The Kier molecular flexibility index (Phi) is 8.91. The van der Waals surface area contributed by atoms with Crippen molar-refractivity contribution in [3.8, 4) is 0 Å². The summed E-state index contributed by atoms with van der Waals surface area (Å²) in [6.45, 7) is 9.87. The van der Waals surface area contributed by atoms with Crippen molar-refractivity contribution in [2.24, 2.45) is 5.92 Å². The second-order valence-corrected chi connectivity index (χ2v) is 8.63.